The van der Waals surface area contributed by atoms with Crippen molar-refractivity contribution < 1.29 is 9.53 Å². The van der Waals surface area contributed by atoms with Gasteiger partial charge in [-0.05, 0) is 37.4 Å². The zero-order chi connectivity index (χ0) is 13.1. The summed E-state index contributed by atoms with van der Waals surface area (Å²) in [6.07, 6.45) is 3.00. The number of hydrogen-bond acceptors (Lipinski definition) is 4. The van der Waals surface area contributed by atoms with Crippen molar-refractivity contribution in [2.75, 3.05) is 19.7 Å². The van der Waals surface area contributed by atoms with Crippen LogP contribution in [0.15, 0.2) is 21.3 Å². The molecular weight excluding hydrogens is 366 g/mol. The Kier molecular flexibility index (Phi) is 4.71. The first-order valence-corrected chi connectivity index (χ1v) is 7.07. The highest BCUT2D eigenvalue weighted by molar-refractivity contribution is 9.11. The molecule has 2 rings (SSSR count). The van der Waals surface area contributed by atoms with Crippen LogP contribution in [0.25, 0.3) is 0 Å². The lowest BCUT2D eigenvalue weighted by Gasteiger charge is -2.31. The van der Waals surface area contributed by atoms with E-state index in [1.165, 1.54) is 0 Å². The second-order valence-electron chi connectivity index (χ2n) is 4.08. The number of nitrogens with two attached hydrogens (primary N) is 1. The highest BCUT2D eigenvalue weighted by Crippen LogP contribution is 2.25. The molecule has 5 nitrogen and oxygen atoms in total. The highest BCUT2D eigenvalue weighted by Gasteiger charge is 2.25. The van der Waals surface area contributed by atoms with E-state index in [0.717, 1.165) is 27.6 Å². The smallest absolute Gasteiger partial charge is 0.247 e. The van der Waals surface area contributed by atoms with Gasteiger partial charge in [0.2, 0.25) is 5.91 Å². The third kappa shape index (κ3) is 3.28. The maximum Gasteiger partial charge on any atom is 0.247 e. The van der Waals surface area contributed by atoms with E-state index >= 15 is 0 Å². The topological polar surface area (TPSA) is 68.5 Å². The van der Waals surface area contributed by atoms with E-state index in [1.54, 1.807) is 12.4 Å². The molecule has 1 aliphatic rings. The minimum atomic E-state index is -0.516. The first-order chi connectivity index (χ1) is 8.58. The van der Waals surface area contributed by atoms with Gasteiger partial charge >= 0.3 is 0 Å². The van der Waals surface area contributed by atoms with Crippen LogP contribution < -0.4 is 5.73 Å². The number of halogens is 2. The molecule has 0 spiro atoms. The van der Waals surface area contributed by atoms with Gasteiger partial charge in [0.25, 0.3) is 0 Å². The van der Waals surface area contributed by atoms with Gasteiger partial charge in [0, 0.05) is 41.0 Å². The number of amides is 1. The highest BCUT2D eigenvalue weighted by atomic mass is 79.9. The molecule has 1 amide bonds. The van der Waals surface area contributed by atoms with Gasteiger partial charge in [0.15, 0.2) is 0 Å². The molecule has 2 N–H and O–H groups in total. The predicted octanol–water partition coefficient (Wildman–Crippen LogP) is 1.29. The van der Waals surface area contributed by atoms with Crippen LogP contribution in [0.2, 0.25) is 0 Å². The molecular formula is C11H13Br2N3O2. The zero-order valence-corrected chi connectivity index (χ0v) is 12.8. The monoisotopic (exact) mass is 377 g/mol. The average Bonchev–Trinajstić information content (AvgIpc) is 2.34. The number of ether oxygens (including phenoxy) is 1. The number of carbonyl (C=O) groups excluding carboxylic acids is 1. The summed E-state index contributed by atoms with van der Waals surface area (Å²) in [5, 5.41) is 0. The summed E-state index contributed by atoms with van der Waals surface area (Å²) in [4.78, 5) is 17.3. The van der Waals surface area contributed by atoms with Crippen LogP contribution in [0.5, 0.6) is 0 Å². The van der Waals surface area contributed by atoms with Crippen molar-refractivity contribution in [3.63, 3.8) is 0 Å². The fourth-order valence-corrected chi connectivity index (χ4v) is 3.01. The Hall–Kier alpha value is -0.500. The molecule has 1 aromatic heterocycles. The lowest BCUT2D eigenvalue weighted by atomic mass is 10.2. The van der Waals surface area contributed by atoms with Gasteiger partial charge in [-0.15, -0.1) is 0 Å². The largest absolute Gasteiger partial charge is 0.367 e. The van der Waals surface area contributed by atoms with Gasteiger partial charge in [-0.25, -0.2) is 0 Å². The lowest BCUT2D eigenvalue weighted by molar-refractivity contribution is -0.135. The number of pyridine rings is 1. The standard InChI is InChI=1S/C11H13Br2N3O2/c12-8-3-15-4-9(13)7(8)5-16-1-2-18-10(6-16)11(14)17/h3-4,10H,1-2,5-6H2,(H2,14,17). The Morgan fingerprint density at radius 3 is 2.78 bits per heavy atom. The average molecular weight is 379 g/mol. The first kappa shape index (κ1) is 13.9. The SMILES string of the molecule is NC(=O)C1CN(Cc2c(Br)cncc2Br)CCO1. The van der Waals surface area contributed by atoms with E-state index in [9.17, 15) is 4.79 Å². The van der Waals surface area contributed by atoms with Crippen LogP contribution in [0.4, 0.5) is 0 Å². The predicted molar refractivity (Wildman–Crippen MR) is 73.8 cm³/mol. The summed E-state index contributed by atoms with van der Waals surface area (Å²) < 4.78 is 7.20. The Bertz CT molecular complexity index is 436. The van der Waals surface area contributed by atoms with Gasteiger partial charge in [-0.1, -0.05) is 0 Å². The van der Waals surface area contributed by atoms with Crippen molar-refractivity contribution in [1.29, 1.82) is 0 Å². The quantitative estimate of drug-likeness (QED) is 0.860. The third-order valence-electron chi connectivity index (χ3n) is 2.80. The van der Waals surface area contributed by atoms with Crippen LogP contribution >= 0.6 is 31.9 Å². The molecule has 18 heavy (non-hydrogen) atoms. The number of primary amides is 1. The van der Waals surface area contributed by atoms with E-state index in [1.807, 2.05) is 0 Å². The van der Waals surface area contributed by atoms with E-state index in [0.29, 0.717) is 13.2 Å². The summed E-state index contributed by atoms with van der Waals surface area (Å²) >= 11 is 6.95. The van der Waals surface area contributed by atoms with Crippen molar-refractivity contribution >= 4 is 37.8 Å². The Balaban J connectivity index is 2.07. The van der Waals surface area contributed by atoms with Gasteiger partial charge in [-0.2, -0.15) is 0 Å². The third-order valence-corrected chi connectivity index (χ3v) is 4.17. The first-order valence-electron chi connectivity index (χ1n) is 5.49. The van der Waals surface area contributed by atoms with Crippen molar-refractivity contribution in [2.45, 2.75) is 12.6 Å². The van der Waals surface area contributed by atoms with Crippen LogP contribution in [0.1, 0.15) is 5.56 Å². The van der Waals surface area contributed by atoms with Crippen molar-refractivity contribution in [3.8, 4) is 0 Å². The van der Waals surface area contributed by atoms with Gasteiger partial charge in [0.1, 0.15) is 6.10 Å². The molecule has 0 aliphatic carbocycles. The zero-order valence-electron chi connectivity index (χ0n) is 9.60. The summed E-state index contributed by atoms with van der Waals surface area (Å²) in [5.41, 5.74) is 6.37. The van der Waals surface area contributed by atoms with E-state index < -0.39 is 12.0 Å². The number of aromatic nitrogens is 1. The number of rotatable bonds is 3. The fourth-order valence-electron chi connectivity index (χ4n) is 1.83. The van der Waals surface area contributed by atoms with E-state index in [2.05, 4.69) is 41.7 Å². The fraction of sp³-hybridized carbons (Fsp3) is 0.455. The van der Waals surface area contributed by atoms with Crippen LogP contribution in [0.3, 0.4) is 0 Å². The molecule has 7 heteroatoms. The van der Waals surface area contributed by atoms with Gasteiger partial charge in [0.05, 0.1) is 6.61 Å². The molecule has 98 valence electrons. The molecule has 1 atom stereocenters. The van der Waals surface area contributed by atoms with E-state index in [4.69, 9.17) is 10.5 Å². The minimum Gasteiger partial charge on any atom is -0.367 e. The molecule has 0 radical (unpaired) electrons. The van der Waals surface area contributed by atoms with E-state index in [-0.39, 0.29) is 0 Å². The number of hydrogen-bond donors (Lipinski definition) is 1. The normalized spacial score (nSPS) is 20.9. The molecule has 1 aromatic rings. The lowest BCUT2D eigenvalue weighted by Crippen LogP contribution is -2.48. The molecule has 0 saturated carbocycles. The maximum absolute atomic E-state index is 11.1. The Morgan fingerprint density at radius 1 is 1.50 bits per heavy atom. The Morgan fingerprint density at radius 2 is 2.17 bits per heavy atom. The molecule has 2 heterocycles. The van der Waals surface area contributed by atoms with Crippen molar-refractivity contribution in [3.05, 3.63) is 26.9 Å². The van der Waals surface area contributed by atoms with Gasteiger partial charge < -0.3 is 10.5 Å². The summed E-state index contributed by atoms with van der Waals surface area (Å²) in [7, 11) is 0. The number of morpholine rings is 1. The van der Waals surface area contributed by atoms with Crippen molar-refractivity contribution in [1.82, 2.24) is 9.88 Å². The summed E-state index contributed by atoms with van der Waals surface area (Å²) in [5.74, 6) is -0.410. The van der Waals surface area contributed by atoms with Crippen LogP contribution in [-0.4, -0.2) is 41.6 Å². The molecule has 1 saturated heterocycles. The molecule has 1 fully saturated rings. The number of carbonyl (C=O) groups is 1. The van der Waals surface area contributed by atoms with Crippen LogP contribution in [0, 0.1) is 0 Å². The Labute approximate surface area is 122 Å². The maximum atomic E-state index is 11.1. The van der Waals surface area contributed by atoms with Crippen molar-refractivity contribution in [2.24, 2.45) is 5.73 Å². The summed E-state index contributed by atoms with van der Waals surface area (Å²) in [6.45, 7) is 2.55. The molecule has 0 bridgehead atoms. The van der Waals surface area contributed by atoms with Gasteiger partial charge in [-0.3, -0.25) is 14.7 Å². The summed E-state index contributed by atoms with van der Waals surface area (Å²) in [6, 6.07) is 0. The number of nitrogens with zero attached hydrogens (tertiary/aromatic N) is 2. The van der Waals surface area contributed by atoms with Crippen LogP contribution in [-0.2, 0) is 16.1 Å². The molecule has 1 aliphatic heterocycles. The molecule has 0 aromatic carbocycles. The molecule has 1 unspecified atom stereocenters. The second-order valence-corrected chi connectivity index (χ2v) is 5.79. The second kappa shape index (κ2) is 6.10. The minimum absolute atomic E-state index is 0.410.